The first-order valence-electron chi connectivity index (χ1n) is 7.47. The predicted octanol–water partition coefficient (Wildman–Crippen LogP) is 3.60. The summed E-state index contributed by atoms with van der Waals surface area (Å²) in [4.78, 5) is 0. The van der Waals surface area contributed by atoms with E-state index in [1.54, 1.807) is 12.1 Å². The minimum absolute atomic E-state index is 0.0261. The van der Waals surface area contributed by atoms with E-state index >= 15 is 0 Å². The number of aliphatic hydroxyl groups excluding tert-OH is 1. The summed E-state index contributed by atoms with van der Waals surface area (Å²) in [6, 6.07) is 3.50. The van der Waals surface area contributed by atoms with Crippen molar-refractivity contribution in [1.82, 2.24) is 0 Å². The molecule has 1 heterocycles. The van der Waals surface area contributed by atoms with Gasteiger partial charge in [-0.25, -0.2) is 0 Å². The van der Waals surface area contributed by atoms with E-state index in [0.29, 0.717) is 41.9 Å². The van der Waals surface area contributed by atoms with Crippen LogP contribution in [-0.4, -0.2) is 31.0 Å². The van der Waals surface area contributed by atoms with E-state index in [9.17, 15) is 5.11 Å². The minimum Gasteiger partial charge on any atom is -0.490 e. The van der Waals surface area contributed by atoms with Gasteiger partial charge in [0.2, 0.25) is 0 Å². The van der Waals surface area contributed by atoms with Crippen LogP contribution in [0.4, 0.5) is 0 Å². The van der Waals surface area contributed by atoms with Gasteiger partial charge in [0.15, 0.2) is 11.5 Å². The number of benzene rings is 1. The molecule has 1 fully saturated rings. The lowest BCUT2D eigenvalue weighted by molar-refractivity contribution is 0.0430. The van der Waals surface area contributed by atoms with Gasteiger partial charge in [0.05, 0.1) is 30.4 Å². The number of aliphatic hydroxyl groups is 1. The zero-order valence-electron chi connectivity index (χ0n) is 12.8. The summed E-state index contributed by atoms with van der Waals surface area (Å²) in [6.45, 7) is 7.53. The third-order valence-electron chi connectivity index (χ3n) is 3.82. The lowest BCUT2D eigenvalue weighted by Crippen LogP contribution is -2.20. The molecule has 118 valence electrons. The van der Waals surface area contributed by atoms with E-state index < -0.39 is 6.10 Å². The van der Waals surface area contributed by atoms with Crippen molar-refractivity contribution in [3.63, 3.8) is 0 Å². The third-order valence-corrected chi connectivity index (χ3v) is 4.15. The number of hydrogen-bond acceptors (Lipinski definition) is 4. The molecule has 1 saturated heterocycles. The SMILES string of the molecule is CCOc1cc(Cl)c(C(O)C2CCOC2C)cc1OCC. The summed E-state index contributed by atoms with van der Waals surface area (Å²) in [5.74, 6) is 1.27. The molecule has 0 amide bonds. The Morgan fingerprint density at radius 3 is 2.43 bits per heavy atom. The second-order valence-corrected chi connectivity index (χ2v) is 5.57. The zero-order chi connectivity index (χ0) is 15.4. The number of halogens is 1. The molecule has 0 spiro atoms. The smallest absolute Gasteiger partial charge is 0.162 e. The van der Waals surface area contributed by atoms with Crippen LogP contribution in [0.15, 0.2) is 12.1 Å². The van der Waals surface area contributed by atoms with Crippen LogP contribution in [0.5, 0.6) is 11.5 Å². The molecule has 0 aromatic heterocycles. The maximum atomic E-state index is 10.6. The lowest BCUT2D eigenvalue weighted by Gasteiger charge is -2.23. The van der Waals surface area contributed by atoms with Gasteiger partial charge in [-0.05, 0) is 33.3 Å². The molecule has 5 heteroatoms. The number of hydrogen-bond donors (Lipinski definition) is 1. The Morgan fingerprint density at radius 2 is 1.90 bits per heavy atom. The molecule has 2 rings (SSSR count). The summed E-state index contributed by atoms with van der Waals surface area (Å²) in [5.41, 5.74) is 0.672. The molecule has 21 heavy (non-hydrogen) atoms. The summed E-state index contributed by atoms with van der Waals surface area (Å²) >= 11 is 6.32. The van der Waals surface area contributed by atoms with Crippen molar-refractivity contribution in [3.8, 4) is 11.5 Å². The van der Waals surface area contributed by atoms with Gasteiger partial charge in [-0.3, -0.25) is 0 Å². The molecule has 1 aromatic rings. The quantitative estimate of drug-likeness (QED) is 0.871. The van der Waals surface area contributed by atoms with Gasteiger partial charge in [-0.2, -0.15) is 0 Å². The summed E-state index contributed by atoms with van der Waals surface area (Å²) in [7, 11) is 0. The maximum absolute atomic E-state index is 10.6. The Morgan fingerprint density at radius 1 is 1.29 bits per heavy atom. The second kappa shape index (κ2) is 7.34. The molecule has 1 aliphatic heterocycles. The molecule has 1 aliphatic rings. The van der Waals surface area contributed by atoms with Crippen molar-refractivity contribution < 1.29 is 19.3 Å². The van der Waals surface area contributed by atoms with Crippen molar-refractivity contribution in [2.75, 3.05) is 19.8 Å². The minimum atomic E-state index is -0.662. The third kappa shape index (κ3) is 3.62. The molecule has 0 bridgehead atoms. The van der Waals surface area contributed by atoms with E-state index in [1.165, 1.54) is 0 Å². The van der Waals surface area contributed by atoms with E-state index in [-0.39, 0.29) is 12.0 Å². The van der Waals surface area contributed by atoms with Crippen LogP contribution in [0.1, 0.15) is 38.9 Å². The maximum Gasteiger partial charge on any atom is 0.162 e. The first kappa shape index (κ1) is 16.4. The Hall–Kier alpha value is -0.970. The summed E-state index contributed by atoms with van der Waals surface area (Å²) in [6.07, 6.45) is 0.193. The fraction of sp³-hybridized carbons (Fsp3) is 0.625. The summed E-state index contributed by atoms with van der Waals surface area (Å²) < 4.78 is 16.7. The predicted molar refractivity (Wildman–Crippen MR) is 82.3 cm³/mol. The highest BCUT2D eigenvalue weighted by atomic mass is 35.5. The van der Waals surface area contributed by atoms with Crippen LogP contribution in [0, 0.1) is 5.92 Å². The van der Waals surface area contributed by atoms with Crippen LogP contribution in [0.25, 0.3) is 0 Å². The molecule has 0 saturated carbocycles. The fourth-order valence-corrected chi connectivity index (χ4v) is 2.97. The highest BCUT2D eigenvalue weighted by Gasteiger charge is 2.33. The van der Waals surface area contributed by atoms with Crippen LogP contribution >= 0.6 is 11.6 Å². The van der Waals surface area contributed by atoms with Gasteiger partial charge >= 0.3 is 0 Å². The zero-order valence-corrected chi connectivity index (χ0v) is 13.5. The first-order valence-corrected chi connectivity index (χ1v) is 7.84. The topological polar surface area (TPSA) is 47.9 Å². The highest BCUT2D eigenvalue weighted by molar-refractivity contribution is 6.31. The molecular weight excluding hydrogens is 292 g/mol. The molecule has 0 aliphatic carbocycles. The molecular formula is C16H23ClO4. The van der Waals surface area contributed by atoms with Gasteiger partial charge in [0.25, 0.3) is 0 Å². The molecule has 0 radical (unpaired) electrons. The lowest BCUT2D eigenvalue weighted by atomic mass is 9.90. The molecule has 3 atom stereocenters. The van der Waals surface area contributed by atoms with Crippen molar-refractivity contribution in [2.45, 2.75) is 39.4 Å². The van der Waals surface area contributed by atoms with E-state index in [2.05, 4.69) is 0 Å². The number of ether oxygens (including phenoxy) is 3. The van der Waals surface area contributed by atoms with Crippen molar-refractivity contribution in [1.29, 1.82) is 0 Å². The van der Waals surface area contributed by atoms with Crippen molar-refractivity contribution in [2.24, 2.45) is 5.92 Å². The van der Waals surface area contributed by atoms with Crippen LogP contribution in [0.2, 0.25) is 5.02 Å². The van der Waals surface area contributed by atoms with Gasteiger partial charge in [-0.1, -0.05) is 11.6 Å². The molecule has 1 N–H and O–H groups in total. The fourth-order valence-electron chi connectivity index (χ4n) is 2.71. The average Bonchev–Trinajstić information content (AvgIpc) is 2.87. The standard InChI is InChI=1S/C16H23ClO4/c1-4-19-14-8-12(13(17)9-15(14)20-5-2)16(18)11-6-7-21-10(11)3/h8-11,16,18H,4-7H2,1-3H3. The van der Waals surface area contributed by atoms with Gasteiger partial charge in [-0.15, -0.1) is 0 Å². The largest absolute Gasteiger partial charge is 0.490 e. The summed E-state index contributed by atoms with van der Waals surface area (Å²) in [5, 5.41) is 11.1. The Kier molecular flexibility index (Phi) is 5.73. The molecule has 3 unspecified atom stereocenters. The Labute approximate surface area is 131 Å². The van der Waals surface area contributed by atoms with Crippen molar-refractivity contribution in [3.05, 3.63) is 22.7 Å². The normalized spacial score (nSPS) is 23.1. The average molecular weight is 315 g/mol. The van der Waals surface area contributed by atoms with Crippen LogP contribution < -0.4 is 9.47 Å². The van der Waals surface area contributed by atoms with E-state index in [1.807, 2.05) is 20.8 Å². The van der Waals surface area contributed by atoms with Gasteiger partial charge in [0, 0.05) is 24.2 Å². The van der Waals surface area contributed by atoms with Crippen molar-refractivity contribution >= 4 is 11.6 Å². The molecule has 4 nitrogen and oxygen atoms in total. The molecule has 1 aromatic carbocycles. The van der Waals surface area contributed by atoms with Gasteiger partial charge < -0.3 is 19.3 Å². The number of rotatable bonds is 6. The van der Waals surface area contributed by atoms with Crippen LogP contribution in [0.3, 0.4) is 0 Å². The Balaban J connectivity index is 2.31. The highest BCUT2D eigenvalue weighted by Crippen LogP contribution is 2.41. The van der Waals surface area contributed by atoms with Gasteiger partial charge in [0.1, 0.15) is 0 Å². The monoisotopic (exact) mass is 314 g/mol. The van der Waals surface area contributed by atoms with E-state index in [4.69, 9.17) is 25.8 Å². The first-order chi connectivity index (χ1) is 10.1. The second-order valence-electron chi connectivity index (χ2n) is 5.16. The van der Waals surface area contributed by atoms with E-state index in [0.717, 1.165) is 6.42 Å². The Bertz CT molecular complexity index is 478. The van der Waals surface area contributed by atoms with Crippen LogP contribution in [-0.2, 0) is 4.74 Å².